The third-order valence-corrected chi connectivity index (χ3v) is 6.92. The number of likely N-dealkylation sites (tertiary alicyclic amines) is 1. The van der Waals surface area contributed by atoms with Gasteiger partial charge in [0.1, 0.15) is 17.5 Å². The van der Waals surface area contributed by atoms with Crippen molar-refractivity contribution in [1.29, 1.82) is 0 Å². The van der Waals surface area contributed by atoms with Gasteiger partial charge in [-0.1, -0.05) is 0 Å². The average molecular weight is 517 g/mol. The molecule has 0 atom stereocenters. The highest BCUT2D eigenvalue weighted by Crippen LogP contribution is 2.34. The first kappa shape index (κ1) is 24.3. The number of anilines is 1. The van der Waals surface area contributed by atoms with Crippen molar-refractivity contribution in [3.8, 4) is 22.9 Å². The molecular formula is C23H28N6O6S. The Morgan fingerprint density at radius 2 is 1.94 bits per heavy atom. The van der Waals surface area contributed by atoms with Crippen molar-refractivity contribution in [3.05, 3.63) is 24.5 Å². The second-order valence-electron chi connectivity index (χ2n) is 9.04. The number of methoxy groups -OCH3 is 1. The molecule has 2 aliphatic heterocycles. The summed E-state index contributed by atoms with van der Waals surface area (Å²) in [4.78, 5) is 23.5. The molecule has 5 heterocycles. The van der Waals surface area contributed by atoms with Gasteiger partial charge in [0.15, 0.2) is 5.65 Å². The summed E-state index contributed by atoms with van der Waals surface area (Å²) >= 11 is 0. The van der Waals surface area contributed by atoms with E-state index in [1.165, 1.54) is 7.11 Å². The van der Waals surface area contributed by atoms with Gasteiger partial charge in [0.25, 0.3) is 0 Å². The Morgan fingerprint density at radius 1 is 1.19 bits per heavy atom. The van der Waals surface area contributed by atoms with E-state index in [1.54, 1.807) is 36.3 Å². The molecule has 1 amide bonds. The van der Waals surface area contributed by atoms with E-state index in [9.17, 15) is 13.2 Å². The summed E-state index contributed by atoms with van der Waals surface area (Å²) in [6.07, 6.45) is 5.67. The van der Waals surface area contributed by atoms with Crippen LogP contribution in [-0.2, 0) is 26.6 Å². The van der Waals surface area contributed by atoms with Crippen LogP contribution in [0.1, 0.15) is 12.8 Å². The van der Waals surface area contributed by atoms with Crippen LogP contribution in [0.5, 0.6) is 11.6 Å². The maximum Gasteiger partial charge on any atom is 0.238 e. The molecule has 36 heavy (non-hydrogen) atoms. The Kier molecular flexibility index (Phi) is 6.43. The number of aromatic nitrogens is 4. The third-order valence-electron chi connectivity index (χ3n) is 6.33. The van der Waals surface area contributed by atoms with Crippen LogP contribution >= 0.6 is 0 Å². The number of pyridine rings is 2. The van der Waals surface area contributed by atoms with E-state index in [0.717, 1.165) is 24.5 Å². The number of rotatable bonds is 7. The Hall–Kier alpha value is -3.45. The number of hydrogen-bond acceptors (Lipinski definition) is 9. The number of carbonyl (C=O) groups excluding carboxylic acids is 1. The summed E-state index contributed by atoms with van der Waals surface area (Å²) < 4.78 is 44.5. The van der Waals surface area contributed by atoms with Gasteiger partial charge in [-0.3, -0.25) is 14.2 Å². The summed E-state index contributed by atoms with van der Waals surface area (Å²) in [5, 5.41) is 5.05. The molecule has 3 aromatic heterocycles. The fourth-order valence-corrected chi connectivity index (χ4v) is 4.98. The van der Waals surface area contributed by atoms with Gasteiger partial charge >= 0.3 is 0 Å². The molecule has 0 aliphatic carbocycles. The van der Waals surface area contributed by atoms with E-state index in [0.29, 0.717) is 49.0 Å². The number of aryl methyl sites for hydroxylation is 1. The molecular weight excluding hydrogens is 488 g/mol. The molecule has 2 aliphatic rings. The lowest BCUT2D eigenvalue weighted by atomic mass is 9.96. The highest BCUT2D eigenvalue weighted by atomic mass is 32.2. The number of fused-ring (bicyclic) bond motifs is 1. The summed E-state index contributed by atoms with van der Waals surface area (Å²) in [6.45, 7) is 2.29. The van der Waals surface area contributed by atoms with Crippen molar-refractivity contribution in [2.45, 2.75) is 18.9 Å². The zero-order valence-electron chi connectivity index (χ0n) is 20.3. The van der Waals surface area contributed by atoms with Crippen LogP contribution in [0.2, 0.25) is 0 Å². The van der Waals surface area contributed by atoms with E-state index in [4.69, 9.17) is 19.2 Å². The molecule has 0 spiro atoms. The van der Waals surface area contributed by atoms with Crippen molar-refractivity contribution in [1.82, 2.24) is 24.6 Å². The molecule has 0 unspecified atom stereocenters. The lowest BCUT2D eigenvalue weighted by molar-refractivity contribution is -0.147. The van der Waals surface area contributed by atoms with Gasteiger partial charge in [-0.25, -0.2) is 18.4 Å². The van der Waals surface area contributed by atoms with Crippen molar-refractivity contribution in [3.63, 3.8) is 0 Å². The normalized spacial score (nSPS) is 17.1. The SMILES string of the molecule is COc1ncc(-c2cc(OC3CN(C(=O)C4CCOCC4)C3)c3cnn(C)c3n2)cc1NS(C)(=O)=O. The number of ether oxygens (including phenoxy) is 3. The van der Waals surface area contributed by atoms with E-state index in [1.807, 2.05) is 4.90 Å². The summed E-state index contributed by atoms with van der Waals surface area (Å²) in [5.41, 5.74) is 1.90. The zero-order chi connectivity index (χ0) is 25.4. The second-order valence-corrected chi connectivity index (χ2v) is 10.8. The highest BCUT2D eigenvalue weighted by molar-refractivity contribution is 7.92. The van der Waals surface area contributed by atoms with Crippen LogP contribution in [0.3, 0.4) is 0 Å². The summed E-state index contributed by atoms with van der Waals surface area (Å²) in [7, 11) is -0.356. The molecule has 3 aromatic rings. The van der Waals surface area contributed by atoms with E-state index in [-0.39, 0.29) is 29.5 Å². The monoisotopic (exact) mass is 516 g/mol. The van der Waals surface area contributed by atoms with Gasteiger partial charge in [0.2, 0.25) is 21.8 Å². The van der Waals surface area contributed by atoms with Crippen LogP contribution in [0.15, 0.2) is 24.5 Å². The molecule has 0 saturated carbocycles. The predicted molar refractivity (Wildman–Crippen MR) is 131 cm³/mol. The van der Waals surface area contributed by atoms with E-state index in [2.05, 4.69) is 14.8 Å². The van der Waals surface area contributed by atoms with Crippen LogP contribution in [0, 0.1) is 5.92 Å². The van der Waals surface area contributed by atoms with Crippen molar-refractivity contribution >= 4 is 32.7 Å². The van der Waals surface area contributed by atoms with Gasteiger partial charge < -0.3 is 19.1 Å². The number of amides is 1. The number of nitrogens with one attached hydrogen (secondary N) is 1. The molecule has 0 radical (unpaired) electrons. The Morgan fingerprint density at radius 3 is 2.64 bits per heavy atom. The minimum absolute atomic E-state index is 0.0228. The first-order chi connectivity index (χ1) is 17.2. The van der Waals surface area contributed by atoms with Crippen LogP contribution < -0.4 is 14.2 Å². The maximum atomic E-state index is 12.7. The van der Waals surface area contributed by atoms with Gasteiger partial charge in [-0.15, -0.1) is 0 Å². The molecule has 2 saturated heterocycles. The topological polar surface area (TPSA) is 138 Å². The Bertz CT molecular complexity index is 1400. The third kappa shape index (κ3) is 4.93. The van der Waals surface area contributed by atoms with E-state index < -0.39 is 10.0 Å². The molecule has 5 rings (SSSR count). The zero-order valence-corrected chi connectivity index (χ0v) is 21.1. The number of nitrogens with zero attached hydrogens (tertiary/aromatic N) is 5. The minimum atomic E-state index is -3.55. The second kappa shape index (κ2) is 9.54. The van der Waals surface area contributed by atoms with Crippen molar-refractivity contribution in [2.24, 2.45) is 13.0 Å². The number of carbonyl (C=O) groups is 1. The van der Waals surface area contributed by atoms with Gasteiger partial charge in [0, 0.05) is 44.0 Å². The van der Waals surface area contributed by atoms with Gasteiger partial charge in [-0.05, 0) is 18.9 Å². The summed E-state index contributed by atoms with van der Waals surface area (Å²) in [6, 6.07) is 3.39. The Labute approximate surface area is 208 Å². The predicted octanol–water partition coefficient (Wildman–Crippen LogP) is 1.43. The van der Waals surface area contributed by atoms with Crippen LogP contribution in [0.25, 0.3) is 22.3 Å². The van der Waals surface area contributed by atoms with Crippen molar-refractivity contribution in [2.75, 3.05) is 44.4 Å². The van der Waals surface area contributed by atoms with E-state index >= 15 is 0 Å². The maximum absolute atomic E-state index is 12.7. The quantitative estimate of drug-likeness (QED) is 0.494. The largest absolute Gasteiger partial charge is 0.486 e. The first-order valence-corrected chi connectivity index (χ1v) is 13.5. The molecule has 1 N–H and O–H groups in total. The van der Waals surface area contributed by atoms with Crippen LogP contribution in [0.4, 0.5) is 5.69 Å². The first-order valence-electron chi connectivity index (χ1n) is 11.6. The Balaban J connectivity index is 1.40. The molecule has 13 heteroatoms. The van der Waals surface area contributed by atoms with Crippen LogP contribution in [-0.4, -0.2) is 84.7 Å². The standard InChI is InChI=1S/C23H28N6O6S/c1-28-21-17(11-25-28)20(35-16-12-29(13-16)23(30)14-4-6-34-7-5-14)9-18(26-21)15-8-19(27-36(3,31)32)22(33-2)24-10-15/h8-11,14,16,27H,4-7,12-13H2,1-3H3. The minimum Gasteiger partial charge on any atom is -0.486 e. The molecule has 12 nitrogen and oxygen atoms in total. The molecule has 0 bridgehead atoms. The molecule has 0 aromatic carbocycles. The number of hydrogen-bond donors (Lipinski definition) is 1. The number of sulfonamides is 1. The molecule has 192 valence electrons. The fourth-order valence-electron chi connectivity index (χ4n) is 4.43. The molecule has 2 fully saturated rings. The lowest BCUT2D eigenvalue weighted by Gasteiger charge is -2.41. The highest BCUT2D eigenvalue weighted by Gasteiger charge is 2.36. The smallest absolute Gasteiger partial charge is 0.238 e. The van der Waals surface area contributed by atoms with Crippen molar-refractivity contribution < 1.29 is 27.4 Å². The lowest BCUT2D eigenvalue weighted by Crippen LogP contribution is -2.58. The van der Waals surface area contributed by atoms with Gasteiger partial charge in [-0.2, -0.15) is 5.10 Å². The van der Waals surface area contributed by atoms with Gasteiger partial charge in [0.05, 0.1) is 43.7 Å². The summed E-state index contributed by atoms with van der Waals surface area (Å²) in [5.74, 6) is 0.913. The average Bonchev–Trinajstić information content (AvgIpc) is 3.21. The fraction of sp³-hybridized carbons (Fsp3) is 0.478.